The molecule has 0 saturated heterocycles. The van der Waals surface area contributed by atoms with Gasteiger partial charge in [-0.1, -0.05) is 24.3 Å². The van der Waals surface area contributed by atoms with Gasteiger partial charge >= 0.3 is 0 Å². The third kappa shape index (κ3) is 3.89. The van der Waals surface area contributed by atoms with Gasteiger partial charge in [0.1, 0.15) is 11.5 Å². The molecule has 0 heterocycles. The molecule has 0 bridgehead atoms. The van der Waals surface area contributed by atoms with Crippen LogP contribution in [-0.4, -0.2) is 0 Å². The summed E-state index contributed by atoms with van der Waals surface area (Å²) in [6.07, 6.45) is 1.91. The lowest BCUT2D eigenvalue weighted by atomic mass is 10.0. The molecule has 19 heavy (non-hydrogen) atoms. The molecule has 0 unspecified atom stereocenters. The molecule has 1 heteroatoms. The summed E-state index contributed by atoms with van der Waals surface area (Å²) in [6.45, 7) is 4.00. The molecule has 0 aliphatic heterocycles. The molecule has 0 saturated carbocycles. The predicted molar refractivity (Wildman–Crippen MR) is 79.5 cm³/mol. The standard InChI is InChI=1S/C18H18O/c1-3-4-6-9-16-12-13-18(14-15(16)2)19-17-10-7-5-8-11-17/h5,7-8,10-14H,6,9H2,1-2H3. The molecule has 2 rings (SSSR count). The zero-order valence-corrected chi connectivity index (χ0v) is 11.4. The van der Waals surface area contributed by atoms with Gasteiger partial charge in [-0.2, -0.15) is 0 Å². The Balaban J connectivity index is 2.07. The van der Waals surface area contributed by atoms with Crippen LogP contribution in [0.15, 0.2) is 48.5 Å². The number of rotatable bonds is 4. The van der Waals surface area contributed by atoms with E-state index in [1.54, 1.807) is 0 Å². The van der Waals surface area contributed by atoms with Crippen molar-refractivity contribution in [1.82, 2.24) is 0 Å². The third-order valence-electron chi connectivity index (χ3n) is 2.99. The van der Waals surface area contributed by atoms with E-state index in [1.807, 2.05) is 43.3 Å². The van der Waals surface area contributed by atoms with Crippen LogP contribution >= 0.6 is 0 Å². The minimum Gasteiger partial charge on any atom is -0.457 e. The summed E-state index contributed by atoms with van der Waals surface area (Å²) in [7, 11) is 0. The lowest BCUT2D eigenvalue weighted by Gasteiger charge is -2.09. The molecule has 0 aliphatic rings. The lowest BCUT2D eigenvalue weighted by molar-refractivity contribution is 0.482. The van der Waals surface area contributed by atoms with Crippen molar-refractivity contribution in [2.24, 2.45) is 0 Å². The maximum atomic E-state index is 5.81. The second-order valence-corrected chi connectivity index (χ2v) is 4.43. The van der Waals surface area contributed by atoms with Crippen molar-refractivity contribution in [1.29, 1.82) is 0 Å². The van der Waals surface area contributed by atoms with E-state index in [1.165, 1.54) is 11.1 Å². The second kappa shape index (κ2) is 6.66. The van der Waals surface area contributed by atoms with Crippen LogP contribution in [0.4, 0.5) is 0 Å². The van der Waals surface area contributed by atoms with Crippen molar-refractivity contribution in [2.45, 2.75) is 26.7 Å². The fourth-order valence-electron chi connectivity index (χ4n) is 1.96. The summed E-state index contributed by atoms with van der Waals surface area (Å²) in [5.74, 6) is 7.77. The van der Waals surface area contributed by atoms with Crippen LogP contribution in [0, 0.1) is 18.8 Å². The van der Waals surface area contributed by atoms with Crippen LogP contribution in [0.2, 0.25) is 0 Å². The molecule has 2 aromatic carbocycles. The zero-order chi connectivity index (χ0) is 13.5. The molecule has 0 atom stereocenters. The summed E-state index contributed by atoms with van der Waals surface area (Å²) >= 11 is 0. The van der Waals surface area contributed by atoms with Crippen molar-refractivity contribution in [3.05, 3.63) is 59.7 Å². The Hall–Kier alpha value is -2.20. The van der Waals surface area contributed by atoms with Crippen LogP contribution < -0.4 is 4.74 Å². The molecule has 0 spiro atoms. The van der Waals surface area contributed by atoms with Crippen LogP contribution in [0.3, 0.4) is 0 Å². The Morgan fingerprint density at radius 1 is 1.00 bits per heavy atom. The van der Waals surface area contributed by atoms with Gasteiger partial charge in [0, 0.05) is 6.42 Å². The Morgan fingerprint density at radius 3 is 2.47 bits per heavy atom. The van der Waals surface area contributed by atoms with E-state index < -0.39 is 0 Å². The van der Waals surface area contributed by atoms with E-state index >= 15 is 0 Å². The monoisotopic (exact) mass is 250 g/mol. The maximum Gasteiger partial charge on any atom is 0.127 e. The summed E-state index contributed by atoms with van der Waals surface area (Å²) in [4.78, 5) is 0. The molecule has 0 aliphatic carbocycles. The number of benzene rings is 2. The van der Waals surface area contributed by atoms with E-state index in [-0.39, 0.29) is 0 Å². The molecule has 96 valence electrons. The van der Waals surface area contributed by atoms with Crippen LogP contribution in [0.25, 0.3) is 0 Å². The second-order valence-electron chi connectivity index (χ2n) is 4.43. The summed E-state index contributed by atoms with van der Waals surface area (Å²) in [5, 5.41) is 0. The highest BCUT2D eigenvalue weighted by Gasteiger charge is 2.01. The first-order valence-electron chi connectivity index (χ1n) is 6.51. The van der Waals surface area contributed by atoms with Gasteiger partial charge in [0.2, 0.25) is 0 Å². The summed E-state index contributed by atoms with van der Waals surface area (Å²) in [6, 6.07) is 16.1. The first-order chi connectivity index (χ1) is 9.29. The highest BCUT2D eigenvalue weighted by Crippen LogP contribution is 2.24. The molecule has 0 radical (unpaired) electrons. The molecule has 0 N–H and O–H groups in total. The minimum atomic E-state index is 0.867. The fourth-order valence-corrected chi connectivity index (χ4v) is 1.96. The Bertz CT molecular complexity index is 588. The van der Waals surface area contributed by atoms with Gasteiger partial charge in [0.15, 0.2) is 0 Å². The SMILES string of the molecule is CC#CCCc1ccc(Oc2ccccc2)cc1C. The Morgan fingerprint density at radius 2 is 1.79 bits per heavy atom. The topological polar surface area (TPSA) is 9.23 Å². The number of hydrogen-bond acceptors (Lipinski definition) is 1. The van der Waals surface area contributed by atoms with E-state index in [0.29, 0.717) is 0 Å². The highest BCUT2D eigenvalue weighted by molar-refractivity contribution is 5.38. The third-order valence-corrected chi connectivity index (χ3v) is 2.99. The quantitative estimate of drug-likeness (QED) is 0.712. The van der Waals surface area contributed by atoms with E-state index in [4.69, 9.17) is 4.74 Å². The molecular formula is C18H18O. The first kappa shape index (κ1) is 13.2. The van der Waals surface area contributed by atoms with Gasteiger partial charge in [-0.15, -0.1) is 11.8 Å². The largest absolute Gasteiger partial charge is 0.457 e. The summed E-state index contributed by atoms with van der Waals surface area (Å²) < 4.78 is 5.81. The highest BCUT2D eigenvalue weighted by atomic mass is 16.5. The van der Waals surface area contributed by atoms with E-state index in [2.05, 4.69) is 30.9 Å². The molecule has 0 aromatic heterocycles. The zero-order valence-electron chi connectivity index (χ0n) is 11.4. The van der Waals surface area contributed by atoms with Crippen molar-refractivity contribution in [3.8, 4) is 23.3 Å². The number of para-hydroxylation sites is 1. The van der Waals surface area contributed by atoms with Gasteiger partial charge < -0.3 is 4.74 Å². The average molecular weight is 250 g/mol. The van der Waals surface area contributed by atoms with Crippen molar-refractivity contribution in [2.75, 3.05) is 0 Å². The van der Waals surface area contributed by atoms with E-state index in [9.17, 15) is 0 Å². The molecular weight excluding hydrogens is 232 g/mol. The number of hydrogen-bond donors (Lipinski definition) is 0. The maximum absolute atomic E-state index is 5.81. The van der Waals surface area contributed by atoms with Crippen molar-refractivity contribution in [3.63, 3.8) is 0 Å². The minimum absolute atomic E-state index is 0.867. The van der Waals surface area contributed by atoms with Gasteiger partial charge in [0.05, 0.1) is 0 Å². The Labute approximate surface area is 115 Å². The average Bonchev–Trinajstić information content (AvgIpc) is 2.43. The van der Waals surface area contributed by atoms with Crippen LogP contribution in [0.5, 0.6) is 11.5 Å². The van der Waals surface area contributed by atoms with Gasteiger partial charge in [-0.3, -0.25) is 0 Å². The first-order valence-corrected chi connectivity index (χ1v) is 6.51. The van der Waals surface area contributed by atoms with Crippen LogP contribution in [0.1, 0.15) is 24.5 Å². The van der Waals surface area contributed by atoms with Crippen LogP contribution in [-0.2, 0) is 6.42 Å². The fraction of sp³-hybridized carbons (Fsp3) is 0.222. The number of ether oxygens (including phenoxy) is 1. The van der Waals surface area contributed by atoms with E-state index in [0.717, 1.165) is 24.3 Å². The van der Waals surface area contributed by atoms with Gasteiger partial charge in [0.25, 0.3) is 0 Å². The van der Waals surface area contributed by atoms with Gasteiger partial charge in [-0.05, 0) is 55.7 Å². The predicted octanol–water partition coefficient (Wildman–Crippen LogP) is 4.74. The van der Waals surface area contributed by atoms with Crippen molar-refractivity contribution < 1.29 is 4.74 Å². The molecule has 0 amide bonds. The molecule has 1 nitrogen and oxygen atoms in total. The Kier molecular flexibility index (Phi) is 4.64. The number of aryl methyl sites for hydroxylation is 2. The molecule has 0 fully saturated rings. The normalized spacial score (nSPS) is 9.58. The summed E-state index contributed by atoms with van der Waals surface area (Å²) in [5.41, 5.74) is 2.59. The molecule has 2 aromatic rings. The van der Waals surface area contributed by atoms with Gasteiger partial charge in [-0.25, -0.2) is 0 Å². The smallest absolute Gasteiger partial charge is 0.127 e. The lowest BCUT2D eigenvalue weighted by Crippen LogP contribution is -1.91. The van der Waals surface area contributed by atoms with Crippen molar-refractivity contribution >= 4 is 0 Å².